The zero-order valence-corrected chi connectivity index (χ0v) is 10.9. The first kappa shape index (κ1) is 11.2. The van der Waals surface area contributed by atoms with Crippen LogP contribution in [0.25, 0.3) is 9.40 Å². The second-order valence-electron chi connectivity index (χ2n) is 4.35. The molecule has 1 amide bonds. The van der Waals surface area contributed by atoms with Crippen molar-refractivity contribution in [3.63, 3.8) is 0 Å². The molecule has 0 bridgehead atoms. The Morgan fingerprint density at radius 3 is 3.12 bits per heavy atom. The summed E-state index contributed by atoms with van der Waals surface area (Å²) >= 11 is 3.24. The van der Waals surface area contributed by atoms with Crippen molar-refractivity contribution in [2.75, 3.05) is 19.7 Å². The summed E-state index contributed by atoms with van der Waals surface area (Å²) in [5, 5.41) is 11.1. The Hall–Kier alpha value is -0.910. The van der Waals surface area contributed by atoms with E-state index in [1.54, 1.807) is 22.7 Å². The summed E-state index contributed by atoms with van der Waals surface area (Å²) in [6.07, 6.45) is 0.919. The zero-order valence-electron chi connectivity index (χ0n) is 9.26. The number of hydrogen-bond donors (Lipinski definition) is 1. The fraction of sp³-hybridized carbons (Fsp3) is 0.417. The molecule has 2 aromatic rings. The maximum absolute atomic E-state index is 12.2. The predicted molar refractivity (Wildman–Crippen MR) is 70.8 cm³/mol. The molecule has 3 heterocycles. The molecule has 0 aliphatic carbocycles. The maximum atomic E-state index is 12.2. The number of carbonyl (C=O) groups excluding carboxylic acids is 1. The van der Waals surface area contributed by atoms with Gasteiger partial charge in [-0.2, -0.15) is 0 Å². The molecule has 3 rings (SSSR count). The van der Waals surface area contributed by atoms with E-state index < -0.39 is 0 Å². The third kappa shape index (κ3) is 1.99. The highest BCUT2D eigenvalue weighted by Gasteiger charge is 2.27. The molecular weight excluding hydrogens is 254 g/mol. The number of rotatable bonds is 2. The van der Waals surface area contributed by atoms with Gasteiger partial charge in [0.15, 0.2) is 0 Å². The van der Waals surface area contributed by atoms with Gasteiger partial charge in [0.05, 0.1) is 4.88 Å². The van der Waals surface area contributed by atoms with Crippen molar-refractivity contribution >= 4 is 38.0 Å². The van der Waals surface area contributed by atoms with Crippen LogP contribution in [0.1, 0.15) is 16.1 Å². The number of thiophene rings is 2. The summed E-state index contributed by atoms with van der Waals surface area (Å²) in [6.45, 7) is 1.65. The van der Waals surface area contributed by atoms with Crippen molar-refractivity contribution in [2.45, 2.75) is 6.42 Å². The van der Waals surface area contributed by atoms with E-state index in [0.717, 1.165) is 17.8 Å². The fourth-order valence-corrected chi connectivity index (χ4v) is 4.27. The van der Waals surface area contributed by atoms with Gasteiger partial charge in [-0.3, -0.25) is 4.79 Å². The van der Waals surface area contributed by atoms with Crippen molar-refractivity contribution in [3.8, 4) is 0 Å². The first-order valence-electron chi connectivity index (χ1n) is 5.65. The molecule has 1 aliphatic heterocycles. The SMILES string of the molecule is O=C(c1cc2sccc2s1)N1CCC(CO)C1. The minimum absolute atomic E-state index is 0.120. The monoisotopic (exact) mass is 267 g/mol. The topological polar surface area (TPSA) is 40.5 Å². The van der Waals surface area contributed by atoms with Crippen molar-refractivity contribution in [3.05, 3.63) is 22.4 Å². The fourth-order valence-electron chi connectivity index (χ4n) is 2.19. The van der Waals surface area contributed by atoms with Gasteiger partial charge in [-0.15, -0.1) is 22.7 Å². The van der Waals surface area contributed by atoms with Crippen LogP contribution in [0.3, 0.4) is 0 Å². The van der Waals surface area contributed by atoms with Crippen LogP contribution < -0.4 is 0 Å². The van der Waals surface area contributed by atoms with E-state index in [-0.39, 0.29) is 18.4 Å². The number of hydrogen-bond acceptors (Lipinski definition) is 4. The molecule has 3 nitrogen and oxygen atoms in total. The van der Waals surface area contributed by atoms with Gasteiger partial charge < -0.3 is 10.0 Å². The molecule has 0 spiro atoms. The smallest absolute Gasteiger partial charge is 0.264 e. The van der Waals surface area contributed by atoms with E-state index in [2.05, 4.69) is 6.07 Å². The van der Waals surface area contributed by atoms with Crippen LogP contribution in [-0.2, 0) is 0 Å². The summed E-state index contributed by atoms with van der Waals surface area (Å²) < 4.78 is 2.38. The van der Waals surface area contributed by atoms with Gasteiger partial charge in [-0.05, 0) is 23.9 Å². The van der Waals surface area contributed by atoms with Crippen LogP contribution in [0.15, 0.2) is 17.5 Å². The van der Waals surface area contributed by atoms with Crippen LogP contribution in [0.4, 0.5) is 0 Å². The number of aliphatic hydroxyl groups excluding tert-OH is 1. The van der Waals surface area contributed by atoms with Gasteiger partial charge in [0.25, 0.3) is 5.91 Å². The van der Waals surface area contributed by atoms with Crippen LogP contribution in [0, 0.1) is 5.92 Å². The Balaban J connectivity index is 1.80. The normalized spacial score (nSPS) is 20.3. The van der Waals surface area contributed by atoms with Gasteiger partial charge in [-0.25, -0.2) is 0 Å². The Labute approximate surface area is 107 Å². The Kier molecular flexibility index (Phi) is 2.90. The highest BCUT2D eigenvalue weighted by atomic mass is 32.1. The van der Waals surface area contributed by atoms with Crippen molar-refractivity contribution in [1.29, 1.82) is 0 Å². The van der Waals surface area contributed by atoms with Crippen LogP contribution in [0.2, 0.25) is 0 Å². The van der Waals surface area contributed by atoms with Crippen LogP contribution >= 0.6 is 22.7 Å². The van der Waals surface area contributed by atoms with Crippen molar-refractivity contribution in [1.82, 2.24) is 4.90 Å². The van der Waals surface area contributed by atoms with E-state index >= 15 is 0 Å². The van der Waals surface area contributed by atoms with E-state index in [0.29, 0.717) is 6.54 Å². The third-order valence-electron chi connectivity index (χ3n) is 3.18. The standard InChI is InChI=1S/C12H13NO2S2/c14-7-8-1-3-13(6-8)12(15)11-5-10-9(17-11)2-4-16-10/h2,4-5,8,14H,1,3,6-7H2. The molecule has 1 unspecified atom stereocenters. The first-order chi connectivity index (χ1) is 8.28. The van der Waals surface area contributed by atoms with E-state index in [1.165, 1.54) is 9.40 Å². The van der Waals surface area contributed by atoms with Crippen LogP contribution in [0.5, 0.6) is 0 Å². The minimum atomic E-state index is 0.120. The highest BCUT2D eigenvalue weighted by molar-refractivity contribution is 7.27. The second kappa shape index (κ2) is 4.40. The van der Waals surface area contributed by atoms with Crippen LogP contribution in [-0.4, -0.2) is 35.6 Å². The Morgan fingerprint density at radius 2 is 2.41 bits per heavy atom. The molecule has 1 fully saturated rings. The lowest BCUT2D eigenvalue weighted by Gasteiger charge is -2.14. The number of carbonyl (C=O) groups is 1. The molecule has 2 aromatic heterocycles. The summed E-state index contributed by atoms with van der Waals surface area (Å²) in [5.74, 6) is 0.384. The number of aliphatic hydroxyl groups is 1. The quantitative estimate of drug-likeness (QED) is 0.907. The summed E-state index contributed by atoms with van der Waals surface area (Å²) in [6, 6.07) is 4.04. The average Bonchev–Trinajstić information content (AvgIpc) is 3.02. The van der Waals surface area contributed by atoms with Gasteiger partial charge in [-0.1, -0.05) is 0 Å². The third-order valence-corrected chi connectivity index (χ3v) is 5.26. The second-order valence-corrected chi connectivity index (χ2v) is 6.38. The summed E-state index contributed by atoms with van der Waals surface area (Å²) in [5.41, 5.74) is 0. The lowest BCUT2D eigenvalue weighted by atomic mass is 10.1. The molecule has 1 N–H and O–H groups in total. The molecule has 17 heavy (non-hydrogen) atoms. The molecule has 0 saturated carbocycles. The van der Waals surface area contributed by atoms with Gasteiger partial charge in [0.1, 0.15) is 0 Å². The molecule has 1 atom stereocenters. The summed E-state index contributed by atoms with van der Waals surface area (Å²) in [7, 11) is 0. The van der Waals surface area contributed by atoms with Crippen molar-refractivity contribution < 1.29 is 9.90 Å². The van der Waals surface area contributed by atoms with Gasteiger partial charge >= 0.3 is 0 Å². The molecule has 90 valence electrons. The Morgan fingerprint density at radius 1 is 1.53 bits per heavy atom. The van der Waals surface area contributed by atoms with E-state index in [1.807, 2.05) is 16.3 Å². The molecular formula is C12H13NO2S2. The lowest BCUT2D eigenvalue weighted by Crippen LogP contribution is -2.28. The average molecular weight is 267 g/mol. The largest absolute Gasteiger partial charge is 0.396 e. The highest BCUT2D eigenvalue weighted by Crippen LogP contribution is 2.31. The molecule has 5 heteroatoms. The van der Waals surface area contributed by atoms with E-state index in [9.17, 15) is 4.79 Å². The van der Waals surface area contributed by atoms with Crippen molar-refractivity contribution in [2.24, 2.45) is 5.92 Å². The molecule has 1 saturated heterocycles. The zero-order chi connectivity index (χ0) is 11.8. The van der Waals surface area contributed by atoms with Gasteiger partial charge in [0.2, 0.25) is 0 Å². The maximum Gasteiger partial charge on any atom is 0.264 e. The number of nitrogens with zero attached hydrogens (tertiary/aromatic N) is 1. The number of fused-ring (bicyclic) bond motifs is 1. The summed E-state index contributed by atoms with van der Waals surface area (Å²) in [4.78, 5) is 14.9. The molecule has 0 aromatic carbocycles. The predicted octanol–water partition coefficient (Wildman–Crippen LogP) is 2.42. The molecule has 1 aliphatic rings. The van der Waals surface area contributed by atoms with Gasteiger partial charge in [0, 0.05) is 35.0 Å². The Bertz CT molecular complexity index is 517. The number of amides is 1. The number of likely N-dealkylation sites (tertiary alicyclic amines) is 1. The first-order valence-corrected chi connectivity index (χ1v) is 7.34. The minimum Gasteiger partial charge on any atom is -0.396 e. The molecule has 0 radical (unpaired) electrons. The van der Waals surface area contributed by atoms with E-state index in [4.69, 9.17) is 5.11 Å². The lowest BCUT2D eigenvalue weighted by molar-refractivity contribution is 0.0786.